The molecular formula is C38H69NO13. The van der Waals surface area contributed by atoms with E-state index in [4.69, 9.17) is 33.2 Å². The highest BCUT2D eigenvalue weighted by Crippen LogP contribution is 2.41. The van der Waals surface area contributed by atoms with Crippen molar-refractivity contribution >= 4 is 11.8 Å². The number of methoxy groups -OCH3 is 2. The van der Waals surface area contributed by atoms with Gasteiger partial charge >= 0.3 is 5.97 Å². The molecule has 3 aliphatic heterocycles. The molecule has 1 unspecified atom stereocenters. The van der Waals surface area contributed by atoms with E-state index in [1.807, 2.05) is 32.8 Å². The number of aliphatic hydroxyl groups is 4. The zero-order chi connectivity index (χ0) is 39.7. The first-order valence-corrected chi connectivity index (χ1v) is 18.9. The Hall–Kier alpha value is -1.30. The first-order valence-electron chi connectivity index (χ1n) is 18.9. The van der Waals surface area contributed by atoms with Crippen molar-refractivity contribution in [1.29, 1.82) is 0 Å². The summed E-state index contributed by atoms with van der Waals surface area (Å²) >= 11 is 0. The largest absolute Gasteiger partial charge is 0.459 e. The Morgan fingerprint density at radius 1 is 0.846 bits per heavy atom. The Kier molecular flexibility index (Phi) is 15.3. The molecule has 0 radical (unpaired) electrons. The molecule has 0 aromatic rings. The summed E-state index contributed by atoms with van der Waals surface area (Å²) in [6, 6.07) is -0.283. The molecule has 304 valence electrons. The average molecular weight is 748 g/mol. The van der Waals surface area contributed by atoms with Crippen molar-refractivity contribution in [3.63, 3.8) is 0 Å². The lowest BCUT2D eigenvalue weighted by Gasteiger charge is -2.50. The normalized spacial score (nSPS) is 49.0. The van der Waals surface area contributed by atoms with Crippen LogP contribution in [-0.4, -0.2) is 150 Å². The number of nitrogens with zero attached hydrogens (tertiary/aromatic N) is 1. The number of esters is 1. The van der Waals surface area contributed by atoms with Gasteiger partial charge in [-0.3, -0.25) is 9.59 Å². The summed E-state index contributed by atoms with van der Waals surface area (Å²) < 4.78 is 43.9. The summed E-state index contributed by atoms with van der Waals surface area (Å²) in [6.07, 6.45) is -8.73. The molecule has 3 saturated heterocycles. The number of ether oxygens (including phenoxy) is 7. The molecule has 3 heterocycles. The van der Waals surface area contributed by atoms with E-state index in [0.717, 1.165) is 0 Å². The van der Waals surface area contributed by atoms with Crippen LogP contribution < -0.4 is 0 Å². The van der Waals surface area contributed by atoms with E-state index in [9.17, 15) is 30.0 Å². The minimum Gasteiger partial charge on any atom is -0.459 e. The first-order chi connectivity index (χ1) is 24.0. The molecule has 0 saturated carbocycles. The number of hydrogen-bond donors (Lipinski definition) is 4. The Morgan fingerprint density at radius 3 is 1.98 bits per heavy atom. The molecule has 52 heavy (non-hydrogen) atoms. The van der Waals surface area contributed by atoms with Gasteiger partial charge in [0.1, 0.15) is 29.7 Å². The van der Waals surface area contributed by atoms with E-state index in [2.05, 4.69) is 0 Å². The highest BCUT2D eigenvalue weighted by molar-refractivity contribution is 5.83. The van der Waals surface area contributed by atoms with Crippen molar-refractivity contribution in [2.45, 2.75) is 179 Å². The topological polar surface area (TPSA) is 183 Å². The number of rotatable bonds is 8. The van der Waals surface area contributed by atoms with Gasteiger partial charge in [0, 0.05) is 44.4 Å². The number of likely N-dealkylation sites (N-methyl/N-ethyl adjacent to an activating group) is 1. The number of carbonyl (C=O) groups is 2. The van der Waals surface area contributed by atoms with Gasteiger partial charge in [-0.2, -0.15) is 0 Å². The van der Waals surface area contributed by atoms with Gasteiger partial charge in [-0.05, 0) is 74.9 Å². The quantitative estimate of drug-likeness (QED) is 0.266. The Labute approximate surface area is 310 Å². The highest BCUT2D eigenvalue weighted by atomic mass is 16.7. The molecule has 0 amide bonds. The molecule has 0 aromatic carbocycles. The van der Waals surface area contributed by atoms with Crippen LogP contribution in [0.3, 0.4) is 0 Å². The van der Waals surface area contributed by atoms with Gasteiger partial charge < -0.3 is 58.5 Å². The number of Topliss-reactive ketones (excluding diaryl/α,β-unsaturated/α-hetero) is 1. The maximum atomic E-state index is 14.2. The standard InChI is InChI=1S/C38H69NO13/c1-15-26-38(10,45)31(42)21(4)28(40)19(2)17-37(9,47-14)33(52-35-29(41)25(39(11)12)16-20(3)48-35)22(5)30(23(6)34(44)50-26)51-27-18-36(8,46-13)32(43)24(7)49-27/h19-27,29-33,35,41-43,45H,15-18H2,1-14H3/t19-,20+,21+,22+,23-,24?,25+,26-,27+,29-,30+,31-,32+,33-,35+,36-,37-,38-/m1/s1. The van der Waals surface area contributed by atoms with Crippen molar-refractivity contribution in [3.8, 4) is 0 Å². The molecule has 14 heteroatoms. The van der Waals surface area contributed by atoms with E-state index < -0.39 is 102 Å². The van der Waals surface area contributed by atoms with Crippen molar-refractivity contribution in [2.24, 2.45) is 23.7 Å². The summed E-state index contributed by atoms with van der Waals surface area (Å²) in [5.74, 6) is -4.47. The van der Waals surface area contributed by atoms with Gasteiger partial charge in [-0.1, -0.05) is 27.7 Å². The molecule has 3 fully saturated rings. The van der Waals surface area contributed by atoms with Crippen molar-refractivity contribution in [2.75, 3.05) is 28.3 Å². The van der Waals surface area contributed by atoms with Crippen LogP contribution in [0.2, 0.25) is 0 Å². The fraction of sp³-hybridized carbons (Fsp3) is 0.947. The maximum absolute atomic E-state index is 14.2. The Morgan fingerprint density at radius 2 is 1.44 bits per heavy atom. The van der Waals surface area contributed by atoms with E-state index in [-0.39, 0.29) is 37.2 Å². The van der Waals surface area contributed by atoms with Crippen molar-refractivity contribution in [3.05, 3.63) is 0 Å². The lowest BCUT2D eigenvalue weighted by atomic mass is 9.74. The van der Waals surface area contributed by atoms with E-state index in [1.54, 1.807) is 48.5 Å². The van der Waals surface area contributed by atoms with Crippen LogP contribution in [0.15, 0.2) is 0 Å². The summed E-state index contributed by atoms with van der Waals surface area (Å²) in [7, 11) is 6.77. The predicted octanol–water partition coefficient (Wildman–Crippen LogP) is 2.44. The van der Waals surface area contributed by atoms with Crippen LogP contribution in [0.4, 0.5) is 0 Å². The number of carbonyl (C=O) groups excluding carboxylic acids is 2. The van der Waals surface area contributed by atoms with Crippen LogP contribution in [0, 0.1) is 23.7 Å². The average Bonchev–Trinajstić information content (AvgIpc) is 3.09. The zero-order valence-corrected chi connectivity index (χ0v) is 33.9. The lowest BCUT2D eigenvalue weighted by Crippen LogP contribution is -2.61. The molecule has 3 rings (SSSR count). The van der Waals surface area contributed by atoms with Gasteiger partial charge in [0.15, 0.2) is 12.6 Å². The van der Waals surface area contributed by atoms with Gasteiger partial charge in [-0.25, -0.2) is 0 Å². The van der Waals surface area contributed by atoms with Gasteiger partial charge in [0.2, 0.25) is 0 Å². The van der Waals surface area contributed by atoms with Crippen molar-refractivity contribution < 1.29 is 63.2 Å². The van der Waals surface area contributed by atoms with Crippen LogP contribution >= 0.6 is 0 Å². The second-order valence-corrected chi connectivity index (χ2v) is 16.6. The SMILES string of the molecule is CC[C@H]1OC(=O)[C@H](C)[C@@H](O[C@H]2C[C@@](C)(OC)[C@@H](O)C(C)O2)[C@H](C)[C@@H](O[C@@H]2O[C@@H](C)C[C@H](N(C)C)[C@H]2O)[C@](C)(OC)C[C@@H](C)C(=O)[C@H](C)[C@@H](O)[C@]1(C)O. The third-order valence-corrected chi connectivity index (χ3v) is 12.3. The van der Waals surface area contributed by atoms with Crippen molar-refractivity contribution in [1.82, 2.24) is 4.90 Å². The Bertz CT molecular complexity index is 1190. The highest BCUT2D eigenvalue weighted by Gasteiger charge is 2.54. The summed E-state index contributed by atoms with van der Waals surface area (Å²) in [4.78, 5) is 30.1. The minimum absolute atomic E-state index is 0.111. The number of aliphatic hydroxyl groups excluding tert-OH is 3. The molecule has 0 aliphatic carbocycles. The Balaban J connectivity index is 2.22. The van der Waals surface area contributed by atoms with Crippen LogP contribution in [0.25, 0.3) is 0 Å². The second kappa shape index (κ2) is 17.7. The zero-order valence-electron chi connectivity index (χ0n) is 33.9. The minimum atomic E-state index is -1.96. The molecular weight excluding hydrogens is 678 g/mol. The van der Waals surface area contributed by atoms with Gasteiger partial charge in [-0.15, -0.1) is 0 Å². The fourth-order valence-corrected chi connectivity index (χ4v) is 8.58. The summed E-state index contributed by atoms with van der Waals surface area (Å²) in [5.41, 5.74) is -4.24. The van der Waals surface area contributed by atoms with Crippen LogP contribution in [0.1, 0.15) is 94.9 Å². The molecule has 4 N–H and O–H groups in total. The molecule has 0 bridgehead atoms. The maximum Gasteiger partial charge on any atom is 0.311 e. The molecule has 0 aromatic heterocycles. The van der Waals surface area contributed by atoms with E-state index in [0.29, 0.717) is 6.42 Å². The molecule has 3 aliphatic rings. The summed E-state index contributed by atoms with van der Waals surface area (Å²) in [6.45, 7) is 17.1. The number of cyclic esters (lactones) is 1. The molecule has 0 spiro atoms. The predicted molar refractivity (Wildman–Crippen MR) is 191 cm³/mol. The van der Waals surface area contributed by atoms with Gasteiger partial charge in [0.25, 0.3) is 0 Å². The second-order valence-electron chi connectivity index (χ2n) is 16.6. The van der Waals surface area contributed by atoms with Gasteiger partial charge in [0.05, 0.1) is 47.6 Å². The lowest BCUT2D eigenvalue weighted by molar-refractivity contribution is -0.319. The third kappa shape index (κ3) is 9.38. The van der Waals surface area contributed by atoms with Crippen LogP contribution in [0.5, 0.6) is 0 Å². The monoisotopic (exact) mass is 747 g/mol. The van der Waals surface area contributed by atoms with Crippen LogP contribution in [-0.2, 0) is 42.7 Å². The smallest absolute Gasteiger partial charge is 0.311 e. The van der Waals surface area contributed by atoms with E-state index in [1.165, 1.54) is 21.1 Å². The number of hydrogen-bond acceptors (Lipinski definition) is 14. The first kappa shape index (κ1) is 45.1. The number of ketones is 1. The van der Waals surface area contributed by atoms with E-state index >= 15 is 0 Å². The summed E-state index contributed by atoms with van der Waals surface area (Å²) in [5, 5.41) is 45.6. The molecule has 14 nitrogen and oxygen atoms in total. The fourth-order valence-electron chi connectivity index (χ4n) is 8.58. The third-order valence-electron chi connectivity index (χ3n) is 12.3. The molecule has 18 atom stereocenters.